The standard InChI is InChI=1S/C9H5F3S2/c10-9(11,12)6-3-1-2-5-7(13)4-14-8(5)6/h1-4,13H. The Morgan fingerprint density at radius 3 is 2.57 bits per heavy atom. The van der Waals surface area contributed by atoms with Gasteiger partial charge in [-0.15, -0.1) is 24.0 Å². The largest absolute Gasteiger partial charge is 0.417 e. The zero-order valence-electron chi connectivity index (χ0n) is 6.80. The highest BCUT2D eigenvalue weighted by Gasteiger charge is 2.33. The molecule has 0 unspecified atom stereocenters. The summed E-state index contributed by atoms with van der Waals surface area (Å²) in [6.07, 6.45) is -4.29. The summed E-state index contributed by atoms with van der Waals surface area (Å²) in [7, 11) is 0. The first-order valence-corrected chi connectivity index (χ1v) is 5.09. The molecule has 14 heavy (non-hydrogen) atoms. The third-order valence-corrected chi connectivity index (χ3v) is 3.46. The molecule has 74 valence electrons. The summed E-state index contributed by atoms with van der Waals surface area (Å²) < 4.78 is 37.8. The van der Waals surface area contributed by atoms with Crippen molar-refractivity contribution < 1.29 is 13.2 Å². The van der Waals surface area contributed by atoms with Crippen LogP contribution in [-0.4, -0.2) is 0 Å². The molecule has 0 spiro atoms. The van der Waals surface area contributed by atoms with Crippen LogP contribution in [0, 0.1) is 0 Å². The van der Waals surface area contributed by atoms with E-state index in [2.05, 4.69) is 12.6 Å². The molecule has 0 aliphatic carbocycles. The zero-order valence-corrected chi connectivity index (χ0v) is 8.51. The number of thiol groups is 1. The molecule has 1 heterocycles. The molecule has 0 N–H and O–H groups in total. The first kappa shape index (κ1) is 9.86. The van der Waals surface area contributed by atoms with Crippen LogP contribution in [0.15, 0.2) is 28.5 Å². The van der Waals surface area contributed by atoms with Crippen molar-refractivity contribution in [1.29, 1.82) is 0 Å². The van der Waals surface area contributed by atoms with Gasteiger partial charge in [-0.1, -0.05) is 12.1 Å². The molecule has 0 bridgehead atoms. The van der Waals surface area contributed by atoms with Crippen molar-refractivity contribution in [2.45, 2.75) is 11.1 Å². The number of hydrogen-bond acceptors (Lipinski definition) is 2. The van der Waals surface area contributed by atoms with Crippen LogP contribution in [-0.2, 0) is 6.18 Å². The molecule has 0 aliphatic heterocycles. The van der Waals surface area contributed by atoms with E-state index in [1.807, 2.05) is 0 Å². The fraction of sp³-hybridized carbons (Fsp3) is 0.111. The summed E-state index contributed by atoms with van der Waals surface area (Å²) in [6, 6.07) is 4.13. The summed E-state index contributed by atoms with van der Waals surface area (Å²) in [5.74, 6) is 0. The second-order valence-electron chi connectivity index (χ2n) is 2.80. The molecular weight excluding hydrogens is 229 g/mol. The number of benzene rings is 1. The number of fused-ring (bicyclic) bond motifs is 1. The lowest BCUT2D eigenvalue weighted by Crippen LogP contribution is -2.04. The van der Waals surface area contributed by atoms with Gasteiger partial charge < -0.3 is 0 Å². The Labute approximate surface area is 87.8 Å². The molecule has 0 fully saturated rings. The maximum absolute atomic E-state index is 12.5. The number of thiophene rings is 1. The van der Waals surface area contributed by atoms with Crippen LogP contribution in [0.1, 0.15) is 5.56 Å². The molecule has 0 nitrogen and oxygen atoms in total. The van der Waals surface area contributed by atoms with Gasteiger partial charge in [0.1, 0.15) is 0 Å². The lowest BCUT2D eigenvalue weighted by molar-refractivity contribution is -0.136. The van der Waals surface area contributed by atoms with Gasteiger partial charge in [0, 0.05) is 20.4 Å². The van der Waals surface area contributed by atoms with E-state index in [1.54, 1.807) is 11.4 Å². The third-order valence-electron chi connectivity index (χ3n) is 1.88. The molecule has 1 aromatic heterocycles. The fourth-order valence-corrected chi connectivity index (χ4v) is 2.66. The average Bonchev–Trinajstić information content (AvgIpc) is 2.46. The molecular formula is C9H5F3S2. The second-order valence-corrected chi connectivity index (χ2v) is 4.16. The van der Waals surface area contributed by atoms with Gasteiger partial charge in [-0.3, -0.25) is 0 Å². The SMILES string of the molecule is FC(F)(F)c1cccc2c(S)csc12. The first-order valence-electron chi connectivity index (χ1n) is 3.76. The number of halogens is 3. The predicted octanol–water partition coefficient (Wildman–Crippen LogP) is 4.21. The smallest absolute Gasteiger partial charge is 0.166 e. The van der Waals surface area contributed by atoms with Crippen molar-refractivity contribution in [3.63, 3.8) is 0 Å². The van der Waals surface area contributed by atoms with E-state index < -0.39 is 11.7 Å². The number of alkyl halides is 3. The van der Waals surface area contributed by atoms with Crippen LogP contribution < -0.4 is 0 Å². The zero-order chi connectivity index (χ0) is 10.3. The molecule has 0 saturated heterocycles. The molecule has 2 rings (SSSR count). The van der Waals surface area contributed by atoms with E-state index in [1.165, 1.54) is 6.07 Å². The van der Waals surface area contributed by atoms with Gasteiger partial charge in [0.15, 0.2) is 0 Å². The Balaban J connectivity index is 2.79. The summed E-state index contributed by atoms with van der Waals surface area (Å²) in [4.78, 5) is 0.594. The van der Waals surface area contributed by atoms with Crippen LogP contribution >= 0.6 is 24.0 Å². The van der Waals surface area contributed by atoms with Crippen LogP contribution in [0.3, 0.4) is 0 Å². The van der Waals surface area contributed by atoms with Crippen molar-refractivity contribution in [3.8, 4) is 0 Å². The lowest BCUT2D eigenvalue weighted by atomic mass is 10.1. The summed E-state index contributed by atoms with van der Waals surface area (Å²) in [5.41, 5.74) is -0.583. The Morgan fingerprint density at radius 2 is 1.93 bits per heavy atom. The Bertz CT molecular complexity index is 470. The van der Waals surface area contributed by atoms with Gasteiger partial charge in [0.05, 0.1) is 5.56 Å². The number of rotatable bonds is 0. The van der Waals surface area contributed by atoms with Gasteiger partial charge in [-0.05, 0) is 6.07 Å². The van der Waals surface area contributed by atoms with E-state index in [9.17, 15) is 13.2 Å². The minimum atomic E-state index is -4.29. The fourth-order valence-electron chi connectivity index (χ4n) is 1.27. The van der Waals surface area contributed by atoms with E-state index in [0.717, 1.165) is 17.4 Å². The maximum atomic E-state index is 12.5. The summed E-state index contributed by atoms with van der Waals surface area (Å²) >= 11 is 5.16. The number of hydrogen-bond donors (Lipinski definition) is 1. The highest BCUT2D eigenvalue weighted by atomic mass is 32.1. The Morgan fingerprint density at radius 1 is 1.21 bits per heavy atom. The van der Waals surface area contributed by atoms with Crippen molar-refractivity contribution in [3.05, 3.63) is 29.1 Å². The molecule has 2 aromatic rings. The third kappa shape index (κ3) is 1.50. The van der Waals surface area contributed by atoms with E-state index in [0.29, 0.717) is 10.3 Å². The molecule has 0 atom stereocenters. The van der Waals surface area contributed by atoms with Crippen LogP contribution in [0.5, 0.6) is 0 Å². The quantitative estimate of drug-likeness (QED) is 0.648. The minimum Gasteiger partial charge on any atom is -0.166 e. The average molecular weight is 234 g/mol. The molecule has 0 aliphatic rings. The van der Waals surface area contributed by atoms with Crippen LogP contribution in [0.4, 0.5) is 13.2 Å². The molecule has 0 saturated carbocycles. The second kappa shape index (κ2) is 3.17. The van der Waals surface area contributed by atoms with Crippen LogP contribution in [0.2, 0.25) is 0 Å². The van der Waals surface area contributed by atoms with Gasteiger partial charge in [-0.25, -0.2) is 0 Å². The maximum Gasteiger partial charge on any atom is 0.417 e. The van der Waals surface area contributed by atoms with Gasteiger partial charge in [-0.2, -0.15) is 13.2 Å². The van der Waals surface area contributed by atoms with E-state index in [4.69, 9.17) is 0 Å². The van der Waals surface area contributed by atoms with E-state index in [-0.39, 0.29) is 4.70 Å². The van der Waals surface area contributed by atoms with Gasteiger partial charge in [0.25, 0.3) is 0 Å². The van der Waals surface area contributed by atoms with Gasteiger partial charge >= 0.3 is 6.18 Å². The topological polar surface area (TPSA) is 0 Å². The lowest BCUT2D eigenvalue weighted by Gasteiger charge is -2.06. The van der Waals surface area contributed by atoms with Crippen molar-refractivity contribution in [2.24, 2.45) is 0 Å². The molecule has 5 heteroatoms. The van der Waals surface area contributed by atoms with E-state index >= 15 is 0 Å². The normalized spacial score (nSPS) is 12.3. The molecule has 0 radical (unpaired) electrons. The van der Waals surface area contributed by atoms with Crippen molar-refractivity contribution >= 4 is 34.1 Å². The highest BCUT2D eigenvalue weighted by molar-refractivity contribution is 7.80. The first-order chi connectivity index (χ1) is 6.50. The highest BCUT2D eigenvalue weighted by Crippen LogP contribution is 2.39. The van der Waals surface area contributed by atoms with Crippen molar-refractivity contribution in [1.82, 2.24) is 0 Å². The van der Waals surface area contributed by atoms with Crippen molar-refractivity contribution in [2.75, 3.05) is 0 Å². The molecule has 1 aromatic carbocycles. The predicted molar refractivity (Wildman–Crippen MR) is 54.1 cm³/mol. The molecule has 0 amide bonds. The monoisotopic (exact) mass is 234 g/mol. The minimum absolute atomic E-state index is 0.255. The Kier molecular flexibility index (Phi) is 2.23. The summed E-state index contributed by atoms with van der Waals surface area (Å²) in [6.45, 7) is 0. The summed E-state index contributed by atoms with van der Waals surface area (Å²) in [5, 5.41) is 2.18. The van der Waals surface area contributed by atoms with Gasteiger partial charge in [0.2, 0.25) is 0 Å². The Hall–Kier alpha value is -0.680. The van der Waals surface area contributed by atoms with Crippen LogP contribution in [0.25, 0.3) is 10.1 Å².